The number of nitrogens with zero attached hydrogens (tertiary/aromatic N) is 3. The van der Waals surface area contributed by atoms with Gasteiger partial charge < -0.3 is 24.1 Å². The summed E-state index contributed by atoms with van der Waals surface area (Å²) in [7, 11) is 0.221. The summed E-state index contributed by atoms with van der Waals surface area (Å²) in [6, 6.07) is 9.06. The smallest absolute Gasteiger partial charge is 0.270 e. The van der Waals surface area contributed by atoms with Crippen LogP contribution in [0.25, 0.3) is 11.0 Å². The van der Waals surface area contributed by atoms with Crippen LogP contribution in [0.15, 0.2) is 39.8 Å². The van der Waals surface area contributed by atoms with Crippen LogP contribution >= 0.6 is 0 Å². The first kappa shape index (κ1) is 27.2. The fourth-order valence-electron chi connectivity index (χ4n) is 5.56. The first-order valence-electron chi connectivity index (χ1n) is 13.7. The van der Waals surface area contributed by atoms with Crippen LogP contribution in [0.4, 0.5) is 17.3 Å². The van der Waals surface area contributed by atoms with E-state index in [2.05, 4.69) is 37.2 Å². The average molecular weight is 583 g/mol. The number of ether oxygens (including phenoxy) is 3. The predicted octanol–water partition coefficient (Wildman–Crippen LogP) is 5.16. The van der Waals surface area contributed by atoms with Crippen molar-refractivity contribution in [3.05, 3.63) is 41.6 Å². The number of hydrogen-bond donors (Lipinski definition) is 3. The fraction of sp³-hybridized carbons (Fsp3) is 0.429. The highest BCUT2D eigenvalue weighted by Gasteiger charge is 2.32. The van der Waals surface area contributed by atoms with Gasteiger partial charge in [0.15, 0.2) is 22.1 Å². The number of anilines is 3. The van der Waals surface area contributed by atoms with E-state index in [4.69, 9.17) is 18.7 Å². The van der Waals surface area contributed by atoms with Gasteiger partial charge in [-0.2, -0.15) is 5.10 Å². The van der Waals surface area contributed by atoms with E-state index in [-0.39, 0.29) is 28.3 Å². The number of H-pyrrole nitrogens is 1. The second kappa shape index (κ2) is 10.8. The second-order valence-electron chi connectivity index (χ2n) is 10.3. The Morgan fingerprint density at radius 3 is 2.41 bits per heavy atom. The Bertz CT molecular complexity index is 1650. The van der Waals surface area contributed by atoms with Crippen molar-refractivity contribution in [2.45, 2.75) is 49.5 Å². The third-order valence-corrected chi connectivity index (χ3v) is 9.21. The lowest BCUT2D eigenvalue weighted by Crippen LogP contribution is -2.23. The molecular formula is C28H34N6O6S. The van der Waals surface area contributed by atoms with Gasteiger partial charge in [0.2, 0.25) is 0 Å². The molecule has 13 heteroatoms. The number of likely N-dealkylation sites (tertiary alicyclic amines) is 1. The molecule has 6 rings (SSSR count). The molecule has 3 heterocycles. The Hall–Kier alpha value is -3.97. The molecule has 1 atom stereocenters. The average Bonchev–Trinajstić information content (AvgIpc) is 3.35. The van der Waals surface area contributed by atoms with Crippen molar-refractivity contribution in [2.24, 2.45) is 0 Å². The van der Waals surface area contributed by atoms with E-state index in [1.807, 2.05) is 6.07 Å². The Balaban J connectivity index is 1.31. The molecule has 0 radical (unpaired) electrons. The summed E-state index contributed by atoms with van der Waals surface area (Å²) in [6.45, 7) is 4.02. The molecule has 1 aliphatic heterocycles. The SMILES string of the molecule is CCN1CCCC1c1cc(OC)c(S(=O)(=O)Nc2noc3cc(Nc4cc(C5CC5)[nH]n4)c(OC)cc23)c(OC)c1. The summed E-state index contributed by atoms with van der Waals surface area (Å²) in [5.41, 5.74) is 3.01. The van der Waals surface area contributed by atoms with Crippen molar-refractivity contribution in [3.63, 3.8) is 0 Å². The number of benzene rings is 2. The van der Waals surface area contributed by atoms with E-state index in [1.165, 1.54) is 21.3 Å². The van der Waals surface area contributed by atoms with Gasteiger partial charge in [-0.1, -0.05) is 12.1 Å². The van der Waals surface area contributed by atoms with Gasteiger partial charge in [0.25, 0.3) is 10.0 Å². The molecule has 0 bridgehead atoms. The molecule has 218 valence electrons. The maximum absolute atomic E-state index is 13.8. The zero-order chi connectivity index (χ0) is 28.7. The summed E-state index contributed by atoms with van der Waals surface area (Å²) < 4.78 is 52.4. The summed E-state index contributed by atoms with van der Waals surface area (Å²) in [4.78, 5) is 2.25. The van der Waals surface area contributed by atoms with Crippen molar-refractivity contribution in [1.82, 2.24) is 20.3 Å². The molecule has 0 spiro atoms. The van der Waals surface area contributed by atoms with Crippen molar-refractivity contribution in [3.8, 4) is 17.2 Å². The highest BCUT2D eigenvalue weighted by atomic mass is 32.2. The van der Waals surface area contributed by atoms with Gasteiger partial charge in [-0.3, -0.25) is 14.7 Å². The summed E-state index contributed by atoms with van der Waals surface area (Å²) >= 11 is 0. The molecule has 3 N–H and O–H groups in total. The monoisotopic (exact) mass is 582 g/mol. The van der Waals surface area contributed by atoms with Gasteiger partial charge in [0.05, 0.1) is 32.4 Å². The number of nitrogens with one attached hydrogen (secondary N) is 3. The van der Waals surface area contributed by atoms with E-state index in [1.54, 1.807) is 24.3 Å². The van der Waals surface area contributed by atoms with Crippen molar-refractivity contribution < 1.29 is 27.2 Å². The highest BCUT2D eigenvalue weighted by Crippen LogP contribution is 2.43. The van der Waals surface area contributed by atoms with Gasteiger partial charge in [-0.15, -0.1) is 0 Å². The molecule has 12 nitrogen and oxygen atoms in total. The van der Waals surface area contributed by atoms with Crippen LogP contribution in [-0.4, -0.2) is 63.1 Å². The number of fused-ring (bicyclic) bond motifs is 1. The van der Waals surface area contributed by atoms with Crippen LogP contribution < -0.4 is 24.2 Å². The third kappa shape index (κ3) is 5.15. The molecule has 1 saturated heterocycles. The molecule has 2 aromatic heterocycles. The number of rotatable bonds is 11. The number of methoxy groups -OCH3 is 3. The zero-order valence-electron chi connectivity index (χ0n) is 23.5. The van der Waals surface area contributed by atoms with Gasteiger partial charge in [-0.25, -0.2) is 8.42 Å². The minimum absolute atomic E-state index is 0.0155. The maximum Gasteiger partial charge on any atom is 0.270 e. The van der Waals surface area contributed by atoms with E-state index in [0.29, 0.717) is 34.1 Å². The topological polar surface area (TPSA) is 144 Å². The standard InChI is InChI=1S/C28H34N6O6S/c1-5-34-10-6-7-21(34)17-11-24(38-3)27(25(12-17)39-4)41(35,36)33-28-18-13-23(37-2)20(14-22(18)40-32-28)29-26-15-19(30-31-26)16-8-9-16/h11-16,21H,5-10H2,1-4H3,(H,32,33)(H2,29,30,31). The van der Waals surface area contributed by atoms with Gasteiger partial charge in [0, 0.05) is 29.8 Å². The molecule has 41 heavy (non-hydrogen) atoms. The molecule has 0 amide bonds. The molecule has 1 saturated carbocycles. The van der Waals surface area contributed by atoms with Crippen LogP contribution in [0.2, 0.25) is 0 Å². The molecule has 1 aliphatic carbocycles. The molecule has 4 aromatic rings. The first-order chi connectivity index (χ1) is 19.8. The number of aromatic nitrogens is 3. The highest BCUT2D eigenvalue weighted by molar-refractivity contribution is 7.93. The Labute approximate surface area is 238 Å². The quantitative estimate of drug-likeness (QED) is 0.217. The molecule has 2 aliphatic rings. The summed E-state index contributed by atoms with van der Waals surface area (Å²) in [5, 5.41) is 15.1. The van der Waals surface area contributed by atoms with Crippen molar-refractivity contribution in [1.29, 1.82) is 0 Å². The third-order valence-electron chi connectivity index (χ3n) is 7.81. The molecular weight excluding hydrogens is 548 g/mol. The Kier molecular flexibility index (Phi) is 7.16. The van der Waals surface area contributed by atoms with E-state index >= 15 is 0 Å². The van der Waals surface area contributed by atoms with Crippen LogP contribution in [0.3, 0.4) is 0 Å². The minimum Gasteiger partial charge on any atom is -0.495 e. The maximum atomic E-state index is 13.8. The predicted molar refractivity (Wildman–Crippen MR) is 154 cm³/mol. The molecule has 2 aromatic carbocycles. The van der Waals surface area contributed by atoms with Crippen molar-refractivity contribution in [2.75, 3.05) is 44.5 Å². The van der Waals surface area contributed by atoms with Crippen molar-refractivity contribution >= 4 is 38.3 Å². The minimum atomic E-state index is -4.20. The fourth-order valence-corrected chi connectivity index (χ4v) is 6.88. The normalized spacial score (nSPS) is 17.6. The van der Waals surface area contributed by atoms with Crippen LogP contribution in [0, 0.1) is 0 Å². The van der Waals surface area contributed by atoms with E-state index < -0.39 is 10.0 Å². The Morgan fingerprint density at radius 2 is 1.76 bits per heavy atom. The number of aromatic amines is 1. The second-order valence-corrected chi connectivity index (χ2v) is 12.0. The summed E-state index contributed by atoms with van der Waals surface area (Å²) in [5.74, 6) is 2.05. The number of sulfonamides is 1. The van der Waals surface area contributed by atoms with E-state index in [9.17, 15) is 8.42 Å². The molecule has 1 unspecified atom stereocenters. The lowest BCUT2D eigenvalue weighted by atomic mass is 10.0. The zero-order valence-corrected chi connectivity index (χ0v) is 24.3. The van der Waals surface area contributed by atoms with Gasteiger partial charge in [-0.05, 0) is 62.5 Å². The van der Waals surface area contributed by atoms with Gasteiger partial charge in [0.1, 0.15) is 17.2 Å². The van der Waals surface area contributed by atoms with Gasteiger partial charge >= 0.3 is 0 Å². The van der Waals surface area contributed by atoms with Crippen LogP contribution in [-0.2, 0) is 10.0 Å². The molecule has 2 fully saturated rings. The summed E-state index contributed by atoms with van der Waals surface area (Å²) in [6.07, 6.45) is 4.38. The Morgan fingerprint density at radius 1 is 1.02 bits per heavy atom. The van der Waals surface area contributed by atoms with E-state index in [0.717, 1.165) is 50.0 Å². The van der Waals surface area contributed by atoms with Crippen LogP contribution in [0.1, 0.15) is 55.8 Å². The number of hydrogen-bond acceptors (Lipinski definition) is 10. The lowest BCUT2D eigenvalue weighted by Gasteiger charge is -2.25. The lowest BCUT2D eigenvalue weighted by molar-refractivity contribution is 0.269. The largest absolute Gasteiger partial charge is 0.495 e. The first-order valence-corrected chi connectivity index (χ1v) is 15.2. The van der Waals surface area contributed by atoms with Crippen LogP contribution in [0.5, 0.6) is 17.2 Å².